The highest BCUT2D eigenvalue weighted by Gasteiger charge is 2.37. The first kappa shape index (κ1) is 20.4. The molecule has 5 rings (SSSR count). The second kappa shape index (κ2) is 8.20. The largest absolute Gasteiger partial charge is 0.485 e. The highest BCUT2D eigenvalue weighted by Crippen LogP contribution is 2.33. The Kier molecular flexibility index (Phi) is 5.22. The molecule has 2 aromatic carbocycles. The number of para-hydroxylation sites is 3. The smallest absolute Gasteiger partial charge is 0.325 e. The fourth-order valence-corrected chi connectivity index (χ4v) is 4.66. The molecule has 32 heavy (non-hydrogen) atoms. The van der Waals surface area contributed by atoms with Crippen molar-refractivity contribution in [3.05, 3.63) is 59.8 Å². The zero-order valence-electron chi connectivity index (χ0n) is 17.8. The van der Waals surface area contributed by atoms with Crippen LogP contribution in [0.15, 0.2) is 48.5 Å². The van der Waals surface area contributed by atoms with Crippen LogP contribution in [0.25, 0.3) is 10.9 Å². The van der Waals surface area contributed by atoms with E-state index in [-0.39, 0.29) is 12.5 Å². The lowest BCUT2D eigenvalue weighted by molar-refractivity contribution is -0.147. The molecule has 8 heteroatoms. The van der Waals surface area contributed by atoms with Gasteiger partial charge < -0.3 is 24.5 Å². The first-order valence-corrected chi connectivity index (χ1v) is 10.7. The maximum absolute atomic E-state index is 13.0. The highest BCUT2D eigenvalue weighted by atomic mass is 16.6. The molecule has 2 atom stereocenters. The van der Waals surface area contributed by atoms with Gasteiger partial charge in [0.1, 0.15) is 12.6 Å². The zero-order chi connectivity index (χ0) is 22.2. The lowest BCUT2D eigenvalue weighted by Crippen LogP contribution is -2.55. The molecule has 0 spiro atoms. The van der Waals surface area contributed by atoms with E-state index in [2.05, 4.69) is 4.98 Å². The van der Waals surface area contributed by atoms with Gasteiger partial charge in [0.25, 0.3) is 5.91 Å². The van der Waals surface area contributed by atoms with E-state index in [0.29, 0.717) is 37.7 Å². The molecule has 8 nitrogen and oxygen atoms in total. The number of ether oxygens (including phenoxy) is 2. The predicted octanol–water partition coefficient (Wildman–Crippen LogP) is 2.59. The Morgan fingerprint density at radius 2 is 1.72 bits per heavy atom. The summed E-state index contributed by atoms with van der Waals surface area (Å²) in [6.45, 7) is 3.88. The summed E-state index contributed by atoms with van der Waals surface area (Å²) >= 11 is 0. The van der Waals surface area contributed by atoms with Gasteiger partial charge >= 0.3 is 5.97 Å². The number of amides is 1. The topological polar surface area (TPSA) is 95.1 Å². The lowest BCUT2D eigenvalue weighted by atomic mass is 10.0. The Morgan fingerprint density at radius 1 is 1.03 bits per heavy atom. The number of piperazine rings is 1. The van der Waals surface area contributed by atoms with Crippen molar-refractivity contribution in [1.29, 1.82) is 0 Å². The molecule has 1 saturated heterocycles. The van der Waals surface area contributed by atoms with E-state index in [1.807, 2.05) is 54.3 Å². The Labute approximate surface area is 185 Å². The van der Waals surface area contributed by atoms with E-state index in [1.165, 1.54) is 0 Å². The van der Waals surface area contributed by atoms with Crippen molar-refractivity contribution in [2.45, 2.75) is 19.1 Å². The van der Waals surface area contributed by atoms with Gasteiger partial charge in [-0.2, -0.15) is 0 Å². The Hall–Kier alpha value is -3.52. The molecule has 0 bridgehead atoms. The molecule has 1 aromatic heterocycles. The number of aliphatic carboxylic acids is 1. The van der Waals surface area contributed by atoms with Crippen molar-refractivity contribution >= 4 is 22.8 Å². The second-order valence-electron chi connectivity index (χ2n) is 8.18. The minimum absolute atomic E-state index is 0.130. The first-order valence-electron chi connectivity index (χ1n) is 10.7. The number of carboxylic acid groups (broad SMARTS) is 1. The molecule has 1 fully saturated rings. The van der Waals surface area contributed by atoms with E-state index in [1.54, 1.807) is 11.0 Å². The third kappa shape index (κ3) is 3.56. The summed E-state index contributed by atoms with van der Waals surface area (Å²) in [4.78, 5) is 32.3. The number of carbonyl (C=O) groups is 2. The first-order chi connectivity index (χ1) is 15.5. The van der Waals surface area contributed by atoms with E-state index < -0.39 is 18.1 Å². The SMILES string of the molecule is Cc1[nH]c2ccccc2c1[C@@H](C(=O)O)N1CCN(C(=O)[C@H]2COc3ccccc3O2)CC1. The van der Waals surface area contributed by atoms with Crippen LogP contribution in [0.3, 0.4) is 0 Å². The lowest BCUT2D eigenvalue weighted by Gasteiger charge is -2.39. The van der Waals surface area contributed by atoms with Crippen LogP contribution < -0.4 is 9.47 Å². The molecular formula is C24H25N3O5. The number of H-pyrrole nitrogens is 1. The van der Waals surface area contributed by atoms with E-state index >= 15 is 0 Å². The van der Waals surface area contributed by atoms with Gasteiger partial charge in [-0.3, -0.25) is 14.5 Å². The molecule has 0 unspecified atom stereocenters. The number of rotatable bonds is 4. The molecule has 2 N–H and O–H groups in total. The summed E-state index contributed by atoms with van der Waals surface area (Å²) in [6, 6.07) is 14.3. The number of carboxylic acids is 1. The van der Waals surface area contributed by atoms with Gasteiger partial charge in [-0.1, -0.05) is 30.3 Å². The fraction of sp³-hybridized carbons (Fsp3) is 0.333. The number of hydrogen-bond donors (Lipinski definition) is 2. The monoisotopic (exact) mass is 435 g/mol. The number of nitrogens with one attached hydrogen (secondary N) is 1. The number of aromatic amines is 1. The van der Waals surface area contributed by atoms with Gasteiger partial charge in [0.2, 0.25) is 6.10 Å². The molecule has 2 aliphatic rings. The summed E-state index contributed by atoms with van der Waals surface area (Å²) in [5.41, 5.74) is 2.56. The third-order valence-electron chi connectivity index (χ3n) is 6.23. The fourth-order valence-electron chi connectivity index (χ4n) is 4.66. The van der Waals surface area contributed by atoms with Crippen LogP contribution in [0.5, 0.6) is 11.5 Å². The van der Waals surface area contributed by atoms with Gasteiger partial charge in [-0.15, -0.1) is 0 Å². The van der Waals surface area contributed by atoms with Crippen molar-refractivity contribution < 1.29 is 24.2 Å². The van der Waals surface area contributed by atoms with Gasteiger partial charge in [-0.25, -0.2) is 0 Å². The Bertz CT molecular complexity index is 1170. The molecule has 0 saturated carbocycles. The maximum atomic E-state index is 13.0. The summed E-state index contributed by atoms with van der Waals surface area (Å²) in [5.74, 6) is 0.184. The van der Waals surface area contributed by atoms with Crippen LogP contribution in [-0.4, -0.2) is 70.7 Å². The molecule has 3 aromatic rings. The van der Waals surface area contributed by atoms with Gasteiger partial charge in [-0.05, 0) is 25.1 Å². The number of aromatic nitrogens is 1. The van der Waals surface area contributed by atoms with Crippen LogP contribution in [0.1, 0.15) is 17.3 Å². The van der Waals surface area contributed by atoms with Crippen LogP contribution in [-0.2, 0) is 9.59 Å². The molecule has 0 aliphatic carbocycles. The van der Waals surface area contributed by atoms with E-state index in [0.717, 1.165) is 22.2 Å². The van der Waals surface area contributed by atoms with Gasteiger partial charge in [0, 0.05) is 48.3 Å². The molecule has 2 aliphatic heterocycles. The van der Waals surface area contributed by atoms with Crippen molar-refractivity contribution in [3.63, 3.8) is 0 Å². The average molecular weight is 435 g/mol. The number of aryl methyl sites for hydroxylation is 1. The standard InChI is InChI=1S/C24H25N3O5/c1-15-21(16-6-2-3-7-17(16)25-15)22(24(29)30)26-10-12-27(13-11-26)23(28)20-14-31-18-8-4-5-9-19(18)32-20/h2-9,20,22,25H,10-14H2,1H3,(H,29,30)/t20-,22+/m1/s1. The molecule has 0 radical (unpaired) electrons. The normalized spacial score (nSPS) is 19.7. The van der Waals surface area contributed by atoms with Crippen molar-refractivity contribution in [1.82, 2.24) is 14.8 Å². The highest BCUT2D eigenvalue weighted by molar-refractivity contribution is 5.90. The number of carbonyl (C=O) groups excluding carboxylic acids is 1. The van der Waals surface area contributed by atoms with Crippen LogP contribution >= 0.6 is 0 Å². The van der Waals surface area contributed by atoms with E-state index in [4.69, 9.17) is 9.47 Å². The van der Waals surface area contributed by atoms with Crippen molar-refractivity contribution in [2.24, 2.45) is 0 Å². The van der Waals surface area contributed by atoms with Crippen LogP contribution in [0, 0.1) is 6.92 Å². The minimum Gasteiger partial charge on any atom is -0.485 e. The number of benzene rings is 2. The van der Waals surface area contributed by atoms with Crippen molar-refractivity contribution in [3.8, 4) is 11.5 Å². The molecule has 166 valence electrons. The predicted molar refractivity (Wildman–Crippen MR) is 118 cm³/mol. The molecular weight excluding hydrogens is 410 g/mol. The summed E-state index contributed by atoms with van der Waals surface area (Å²) in [6.07, 6.45) is -0.692. The molecule has 1 amide bonds. The van der Waals surface area contributed by atoms with Crippen LogP contribution in [0.4, 0.5) is 0 Å². The second-order valence-corrected chi connectivity index (χ2v) is 8.18. The van der Waals surface area contributed by atoms with Gasteiger partial charge in [0.05, 0.1) is 0 Å². The Morgan fingerprint density at radius 3 is 2.47 bits per heavy atom. The maximum Gasteiger partial charge on any atom is 0.325 e. The summed E-state index contributed by atoms with van der Waals surface area (Å²) in [5, 5.41) is 11.0. The van der Waals surface area contributed by atoms with E-state index in [9.17, 15) is 14.7 Å². The average Bonchev–Trinajstić information content (AvgIpc) is 3.14. The Balaban J connectivity index is 1.29. The minimum atomic E-state index is -0.891. The summed E-state index contributed by atoms with van der Waals surface area (Å²) < 4.78 is 11.5. The number of fused-ring (bicyclic) bond motifs is 2. The number of hydrogen-bond acceptors (Lipinski definition) is 5. The zero-order valence-corrected chi connectivity index (χ0v) is 17.8. The van der Waals surface area contributed by atoms with Gasteiger partial charge in [0.15, 0.2) is 11.5 Å². The van der Waals surface area contributed by atoms with Crippen LogP contribution in [0.2, 0.25) is 0 Å². The number of nitrogens with zero attached hydrogens (tertiary/aromatic N) is 2. The molecule has 3 heterocycles. The quantitative estimate of drug-likeness (QED) is 0.654. The third-order valence-corrected chi connectivity index (χ3v) is 6.23. The van der Waals surface area contributed by atoms with Crippen molar-refractivity contribution in [2.75, 3.05) is 32.8 Å². The summed E-state index contributed by atoms with van der Waals surface area (Å²) in [7, 11) is 0.